The van der Waals surface area contributed by atoms with E-state index in [0.29, 0.717) is 11.0 Å². The van der Waals surface area contributed by atoms with Crippen LogP contribution in [0.25, 0.3) is 0 Å². The molecule has 3 heteroatoms. The summed E-state index contributed by atoms with van der Waals surface area (Å²) < 4.78 is 0. The van der Waals surface area contributed by atoms with Crippen molar-refractivity contribution in [1.82, 2.24) is 9.80 Å². The van der Waals surface area contributed by atoms with Gasteiger partial charge in [0.15, 0.2) is 6.71 Å². The van der Waals surface area contributed by atoms with Crippen LogP contribution in [0.4, 0.5) is 0 Å². The minimum atomic E-state index is 0.397. The second kappa shape index (κ2) is 6.01. The molecule has 0 radical (unpaired) electrons. The summed E-state index contributed by atoms with van der Waals surface area (Å²) in [5.74, 6) is 2.02. The molecular weight excluding hydrogens is 291 g/mol. The lowest BCUT2D eigenvalue weighted by atomic mass is 9.24. The number of nitrogens with zero attached hydrogens (tertiary/aromatic N) is 2. The summed E-state index contributed by atoms with van der Waals surface area (Å²) in [6.45, 7) is 16.0. The second-order valence-electron chi connectivity index (χ2n) is 10.0. The molecule has 3 atom stereocenters. The summed E-state index contributed by atoms with van der Waals surface area (Å²) in [7, 11) is 0. The third-order valence-electron chi connectivity index (χ3n) is 9.26. The van der Waals surface area contributed by atoms with Gasteiger partial charge in [0.1, 0.15) is 0 Å². The van der Waals surface area contributed by atoms with Gasteiger partial charge in [-0.05, 0) is 38.3 Å². The van der Waals surface area contributed by atoms with Crippen LogP contribution in [0.5, 0.6) is 0 Å². The lowest BCUT2D eigenvalue weighted by Crippen LogP contribution is -2.75. The molecule has 4 bridgehead atoms. The fourth-order valence-electron chi connectivity index (χ4n) is 7.80. The molecule has 0 spiro atoms. The van der Waals surface area contributed by atoms with E-state index in [4.69, 9.17) is 0 Å². The molecule has 136 valence electrons. The van der Waals surface area contributed by atoms with E-state index in [0.717, 1.165) is 30.5 Å². The molecule has 1 saturated carbocycles. The summed E-state index contributed by atoms with van der Waals surface area (Å²) in [6.07, 6.45) is 11.9. The Morgan fingerprint density at radius 3 is 1.96 bits per heavy atom. The first-order chi connectivity index (χ1) is 11.5. The van der Waals surface area contributed by atoms with Crippen molar-refractivity contribution in [1.29, 1.82) is 0 Å². The molecule has 0 aromatic carbocycles. The number of rotatable bonds is 3. The van der Waals surface area contributed by atoms with E-state index in [1.807, 2.05) is 0 Å². The highest BCUT2D eigenvalue weighted by Crippen LogP contribution is 2.59. The van der Waals surface area contributed by atoms with Gasteiger partial charge < -0.3 is 0 Å². The summed E-state index contributed by atoms with van der Waals surface area (Å²) in [4.78, 5) is 5.96. The van der Waals surface area contributed by atoms with Gasteiger partial charge in [0.05, 0.1) is 0 Å². The van der Waals surface area contributed by atoms with Gasteiger partial charge in [0.2, 0.25) is 0 Å². The molecule has 0 aromatic rings. The molecule has 0 aromatic heterocycles. The van der Waals surface area contributed by atoms with Gasteiger partial charge in [-0.25, -0.2) is 0 Å². The number of fused-ring (bicyclic) bond motifs is 4. The average Bonchev–Trinajstić information content (AvgIpc) is 2.70. The third kappa shape index (κ3) is 2.16. The SMILES string of the molecule is CCN1C(B2C3CCCC2CCC3)N(CC)C2(C)CCC1C2(C)C. The van der Waals surface area contributed by atoms with E-state index in [1.54, 1.807) is 0 Å². The highest BCUT2D eigenvalue weighted by atomic mass is 15.4. The number of hydrogen-bond acceptors (Lipinski definition) is 2. The van der Waals surface area contributed by atoms with Crippen molar-refractivity contribution < 1.29 is 0 Å². The van der Waals surface area contributed by atoms with Crippen molar-refractivity contribution in [3.05, 3.63) is 0 Å². The van der Waals surface area contributed by atoms with Gasteiger partial charge in [0, 0.05) is 17.6 Å². The van der Waals surface area contributed by atoms with Gasteiger partial charge in [-0.3, -0.25) is 9.80 Å². The van der Waals surface area contributed by atoms with E-state index in [-0.39, 0.29) is 0 Å². The maximum Gasteiger partial charge on any atom is 0.185 e. The maximum atomic E-state index is 2.99. The van der Waals surface area contributed by atoms with Gasteiger partial charge in [-0.15, -0.1) is 0 Å². The first-order valence-corrected chi connectivity index (χ1v) is 11.0. The van der Waals surface area contributed by atoms with Crippen LogP contribution in [0.15, 0.2) is 0 Å². The monoisotopic (exact) mass is 330 g/mol. The molecule has 1 aliphatic carbocycles. The lowest BCUT2D eigenvalue weighted by Gasteiger charge is -2.64. The highest BCUT2D eigenvalue weighted by Gasteiger charge is 2.64. The van der Waals surface area contributed by atoms with Gasteiger partial charge >= 0.3 is 0 Å². The average molecular weight is 330 g/mol. The molecule has 3 saturated heterocycles. The first kappa shape index (κ1) is 17.4. The van der Waals surface area contributed by atoms with Gasteiger partial charge in [-0.2, -0.15) is 0 Å². The van der Waals surface area contributed by atoms with Crippen LogP contribution in [0.3, 0.4) is 0 Å². The zero-order valence-electron chi connectivity index (χ0n) is 16.9. The Kier molecular flexibility index (Phi) is 4.36. The van der Waals surface area contributed by atoms with Crippen molar-refractivity contribution >= 4 is 6.71 Å². The third-order valence-corrected chi connectivity index (χ3v) is 9.26. The first-order valence-electron chi connectivity index (χ1n) is 11.0. The molecule has 0 N–H and O–H groups in total. The summed E-state index contributed by atoms with van der Waals surface area (Å²) in [5, 5.41) is 0. The van der Waals surface area contributed by atoms with Crippen molar-refractivity contribution in [3.8, 4) is 0 Å². The second-order valence-corrected chi connectivity index (χ2v) is 10.0. The predicted octanol–water partition coefficient (Wildman–Crippen LogP) is 5.06. The molecule has 24 heavy (non-hydrogen) atoms. The van der Waals surface area contributed by atoms with E-state index in [9.17, 15) is 0 Å². The van der Waals surface area contributed by atoms with E-state index in [1.165, 1.54) is 64.5 Å². The highest BCUT2D eigenvalue weighted by molar-refractivity contribution is 6.64. The molecule has 4 fully saturated rings. The van der Waals surface area contributed by atoms with Crippen LogP contribution in [0.1, 0.15) is 86.0 Å². The standard InChI is InChI=1S/C21H39BN2/c1-6-23-18-14-15-21(5,20(18,3)4)24(7-2)19(23)22-16-10-8-11-17(22)13-9-12-16/h16-19H,6-15H2,1-5H3. The molecule has 0 amide bonds. The van der Waals surface area contributed by atoms with Crippen LogP contribution < -0.4 is 0 Å². The minimum absolute atomic E-state index is 0.397. The topological polar surface area (TPSA) is 6.48 Å². The largest absolute Gasteiger partial charge is 0.291 e. The van der Waals surface area contributed by atoms with E-state index in [2.05, 4.69) is 44.4 Å². The minimum Gasteiger partial charge on any atom is -0.291 e. The molecule has 2 nitrogen and oxygen atoms in total. The number of hydrogen-bond donors (Lipinski definition) is 0. The van der Waals surface area contributed by atoms with Gasteiger partial charge in [-0.1, -0.05) is 77.9 Å². The smallest absolute Gasteiger partial charge is 0.185 e. The molecule has 3 aliphatic heterocycles. The van der Waals surface area contributed by atoms with E-state index >= 15 is 0 Å². The molecule has 3 unspecified atom stereocenters. The van der Waals surface area contributed by atoms with Gasteiger partial charge in [0.25, 0.3) is 0 Å². The molecule has 4 rings (SSSR count). The maximum absolute atomic E-state index is 2.99. The zero-order valence-corrected chi connectivity index (χ0v) is 16.9. The van der Waals surface area contributed by atoms with E-state index < -0.39 is 0 Å². The Balaban J connectivity index is 1.76. The summed E-state index contributed by atoms with van der Waals surface area (Å²) >= 11 is 0. The van der Waals surface area contributed by atoms with Crippen molar-refractivity contribution in [2.24, 2.45) is 5.41 Å². The predicted molar refractivity (Wildman–Crippen MR) is 105 cm³/mol. The zero-order chi connectivity index (χ0) is 17.1. The van der Waals surface area contributed by atoms with Crippen molar-refractivity contribution in [2.75, 3.05) is 13.1 Å². The molecule has 3 heterocycles. The van der Waals surface area contributed by atoms with Crippen LogP contribution >= 0.6 is 0 Å². The Labute approximate surface area is 150 Å². The quantitative estimate of drug-likeness (QED) is 0.667. The normalized spacial score (nSPS) is 45.6. The fraction of sp³-hybridized carbons (Fsp3) is 1.00. The van der Waals surface area contributed by atoms with Crippen LogP contribution in [-0.2, 0) is 0 Å². The van der Waals surface area contributed by atoms with Crippen LogP contribution in [0, 0.1) is 5.41 Å². The van der Waals surface area contributed by atoms with Crippen molar-refractivity contribution in [2.45, 2.75) is 115 Å². The Bertz CT molecular complexity index is 456. The van der Waals surface area contributed by atoms with Crippen LogP contribution in [0.2, 0.25) is 11.6 Å². The lowest BCUT2D eigenvalue weighted by molar-refractivity contribution is -0.121. The summed E-state index contributed by atoms with van der Waals surface area (Å²) in [6, 6.07) is 1.52. The Hall–Kier alpha value is -0.0151. The molecular formula is C21H39BN2. The Morgan fingerprint density at radius 1 is 0.875 bits per heavy atom. The van der Waals surface area contributed by atoms with Crippen LogP contribution in [-0.4, -0.2) is 47.2 Å². The fourth-order valence-corrected chi connectivity index (χ4v) is 7.80. The molecule has 4 aliphatic rings. The summed E-state index contributed by atoms with van der Waals surface area (Å²) in [5.41, 5.74) is 0.813. The van der Waals surface area contributed by atoms with Crippen molar-refractivity contribution in [3.63, 3.8) is 0 Å². The Morgan fingerprint density at radius 2 is 1.46 bits per heavy atom.